The first kappa shape index (κ1) is 17.5. The van der Waals surface area contributed by atoms with Gasteiger partial charge in [0.05, 0.1) is 6.61 Å². The van der Waals surface area contributed by atoms with E-state index in [-0.39, 0.29) is 5.91 Å². The first-order valence-corrected chi connectivity index (χ1v) is 7.17. The minimum atomic E-state index is -0.502. The average Bonchev–Trinajstić information content (AvgIpc) is 2.46. The summed E-state index contributed by atoms with van der Waals surface area (Å²) in [5.41, 5.74) is 3.27. The highest BCUT2D eigenvalue weighted by molar-refractivity contribution is 5.80. The summed E-state index contributed by atoms with van der Waals surface area (Å²) in [7, 11) is 3.30. The Morgan fingerprint density at radius 2 is 1.90 bits per heavy atom. The van der Waals surface area contributed by atoms with Crippen LogP contribution in [0.15, 0.2) is 12.1 Å². The fraction of sp³-hybridized carbons (Fsp3) is 0.562. The van der Waals surface area contributed by atoms with Crippen molar-refractivity contribution in [3.05, 3.63) is 28.8 Å². The topological polar surface area (TPSA) is 59.6 Å². The lowest BCUT2D eigenvalue weighted by molar-refractivity contribution is -0.126. The second kappa shape index (κ2) is 8.64. The number of ether oxygens (including phenoxy) is 2. The number of aryl methyl sites for hydroxylation is 2. The molecule has 1 unspecified atom stereocenters. The Bertz CT molecular complexity index is 452. The zero-order chi connectivity index (χ0) is 15.8. The molecule has 5 nitrogen and oxygen atoms in total. The molecule has 0 spiro atoms. The van der Waals surface area contributed by atoms with Gasteiger partial charge in [0.2, 0.25) is 0 Å². The molecule has 1 rings (SSSR count). The van der Waals surface area contributed by atoms with Gasteiger partial charge in [-0.05, 0) is 37.5 Å². The Kier molecular flexibility index (Phi) is 7.19. The summed E-state index contributed by atoms with van der Waals surface area (Å²) in [6.45, 7) is 8.05. The van der Waals surface area contributed by atoms with E-state index in [4.69, 9.17) is 9.47 Å². The van der Waals surface area contributed by atoms with Gasteiger partial charge in [0.15, 0.2) is 6.10 Å². The van der Waals surface area contributed by atoms with E-state index in [0.717, 1.165) is 30.0 Å². The van der Waals surface area contributed by atoms with Gasteiger partial charge >= 0.3 is 0 Å². The van der Waals surface area contributed by atoms with Gasteiger partial charge < -0.3 is 20.1 Å². The monoisotopic (exact) mass is 294 g/mol. The average molecular weight is 294 g/mol. The maximum atomic E-state index is 11.6. The zero-order valence-electron chi connectivity index (χ0n) is 13.6. The lowest BCUT2D eigenvalue weighted by atomic mass is 10.1. The molecule has 0 fully saturated rings. The fourth-order valence-corrected chi connectivity index (χ4v) is 2.17. The third-order valence-electron chi connectivity index (χ3n) is 3.24. The lowest BCUT2D eigenvalue weighted by Gasteiger charge is -2.18. The number of carbonyl (C=O) groups excluding carboxylic acids is 1. The minimum Gasteiger partial charge on any atom is -0.480 e. The molecule has 0 aliphatic rings. The van der Waals surface area contributed by atoms with Crippen molar-refractivity contribution in [1.29, 1.82) is 0 Å². The van der Waals surface area contributed by atoms with E-state index in [1.807, 2.05) is 13.8 Å². The molecular formula is C16H26N2O3. The molecular weight excluding hydrogens is 268 g/mol. The first-order valence-electron chi connectivity index (χ1n) is 7.17. The molecule has 1 aromatic carbocycles. The largest absolute Gasteiger partial charge is 0.480 e. The van der Waals surface area contributed by atoms with Crippen molar-refractivity contribution >= 4 is 5.91 Å². The third kappa shape index (κ3) is 5.36. The molecule has 0 bridgehead atoms. The Morgan fingerprint density at radius 3 is 2.43 bits per heavy atom. The van der Waals surface area contributed by atoms with Crippen LogP contribution in [0, 0.1) is 13.8 Å². The summed E-state index contributed by atoms with van der Waals surface area (Å²) in [4.78, 5) is 11.6. The number of nitrogens with one attached hydrogen (secondary N) is 2. The van der Waals surface area contributed by atoms with Crippen LogP contribution in [0.4, 0.5) is 0 Å². The Hall–Kier alpha value is -1.59. The molecule has 1 atom stereocenters. The van der Waals surface area contributed by atoms with Gasteiger partial charge in [-0.2, -0.15) is 0 Å². The predicted molar refractivity (Wildman–Crippen MR) is 83.7 cm³/mol. The van der Waals surface area contributed by atoms with Crippen LogP contribution in [0.1, 0.15) is 23.6 Å². The van der Waals surface area contributed by atoms with Crippen molar-refractivity contribution in [3.63, 3.8) is 0 Å². The van der Waals surface area contributed by atoms with Crippen LogP contribution < -0.4 is 15.4 Å². The van der Waals surface area contributed by atoms with Gasteiger partial charge in [-0.15, -0.1) is 0 Å². The number of benzene rings is 1. The van der Waals surface area contributed by atoms with E-state index < -0.39 is 6.10 Å². The van der Waals surface area contributed by atoms with E-state index in [0.29, 0.717) is 6.61 Å². The molecule has 0 heterocycles. The molecule has 0 aromatic heterocycles. The van der Waals surface area contributed by atoms with Crippen LogP contribution in [-0.4, -0.2) is 39.3 Å². The number of rotatable bonds is 8. The standard InChI is InChI=1S/C16H26N2O3/c1-11-8-14(10-18-6-7-20-5)9-12(2)15(11)21-13(3)16(19)17-4/h8-9,13,18H,6-7,10H2,1-5H3,(H,17,19). The number of likely N-dealkylation sites (N-methyl/N-ethyl adjacent to an activating group) is 1. The highest BCUT2D eigenvalue weighted by Crippen LogP contribution is 2.26. The van der Waals surface area contributed by atoms with Gasteiger partial charge in [-0.3, -0.25) is 4.79 Å². The molecule has 118 valence electrons. The van der Waals surface area contributed by atoms with Crippen molar-refractivity contribution in [2.24, 2.45) is 0 Å². The van der Waals surface area contributed by atoms with Crippen LogP contribution in [0.2, 0.25) is 0 Å². The zero-order valence-corrected chi connectivity index (χ0v) is 13.6. The Labute approximate surface area is 127 Å². The van der Waals surface area contributed by atoms with Crippen molar-refractivity contribution in [1.82, 2.24) is 10.6 Å². The normalized spacial score (nSPS) is 12.0. The maximum absolute atomic E-state index is 11.6. The quantitative estimate of drug-likeness (QED) is 0.714. The summed E-state index contributed by atoms with van der Waals surface area (Å²) < 4.78 is 10.8. The maximum Gasteiger partial charge on any atom is 0.260 e. The third-order valence-corrected chi connectivity index (χ3v) is 3.24. The van der Waals surface area contributed by atoms with E-state index in [1.54, 1.807) is 21.1 Å². The van der Waals surface area contributed by atoms with Crippen LogP contribution in [-0.2, 0) is 16.1 Å². The number of methoxy groups -OCH3 is 1. The molecule has 2 N–H and O–H groups in total. The fourth-order valence-electron chi connectivity index (χ4n) is 2.17. The molecule has 1 aromatic rings. The second-order valence-corrected chi connectivity index (χ2v) is 5.10. The molecule has 0 aliphatic carbocycles. The number of hydrogen-bond donors (Lipinski definition) is 2. The number of amides is 1. The van der Waals surface area contributed by atoms with E-state index >= 15 is 0 Å². The summed E-state index contributed by atoms with van der Waals surface area (Å²) >= 11 is 0. The second-order valence-electron chi connectivity index (χ2n) is 5.10. The molecule has 0 saturated carbocycles. The van der Waals surface area contributed by atoms with Crippen molar-refractivity contribution in [3.8, 4) is 5.75 Å². The van der Waals surface area contributed by atoms with E-state index in [2.05, 4.69) is 22.8 Å². The predicted octanol–water partition coefficient (Wildman–Crippen LogP) is 1.55. The van der Waals surface area contributed by atoms with Crippen molar-refractivity contribution in [2.75, 3.05) is 27.3 Å². The highest BCUT2D eigenvalue weighted by Gasteiger charge is 2.15. The van der Waals surface area contributed by atoms with Crippen molar-refractivity contribution in [2.45, 2.75) is 33.4 Å². The van der Waals surface area contributed by atoms with Crippen LogP contribution in [0.5, 0.6) is 5.75 Å². The van der Waals surface area contributed by atoms with E-state index in [1.165, 1.54) is 5.56 Å². The van der Waals surface area contributed by atoms with E-state index in [9.17, 15) is 4.79 Å². The molecule has 5 heteroatoms. The van der Waals surface area contributed by atoms with Gasteiger partial charge in [-0.1, -0.05) is 12.1 Å². The minimum absolute atomic E-state index is 0.126. The van der Waals surface area contributed by atoms with Crippen LogP contribution in [0.25, 0.3) is 0 Å². The molecule has 0 saturated heterocycles. The number of carbonyl (C=O) groups is 1. The Balaban J connectivity index is 2.73. The SMILES string of the molecule is CNC(=O)C(C)Oc1c(C)cc(CNCCOC)cc1C. The smallest absolute Gasteiger partial charge is 0.260 e. The summed E-state index contributed by atoms with van der Waals surface area (Å²) in [5.74, 6) is 0.658. The van der Waals surface area contributed by atoms with Gasteiger partial charge in [0.25, 0.3) is 5.91 Å². The molecule has 21 heavy (non-hydrogen) atoms. The van der Waals surface area contributed by atoms with Gasteiger partial charge in [-0.25, -0.2) is 0 Å². The van der Waals surface area contributed by atoms with Crippen LogP contribution in [0.3, 0.4) is 0 Å². The summed E-state index contributed by atoms with van der Waals surface area (Å²) in [6.07, 6.45) is -0.502. The first-order chi connectivity index (χ1) is 9.99. The molecule has 0 aliphatic heterocycles. The Morgan fingerprint density at radius 1 is 1.29 bits per heavy atom. The summed E-state index contributed by atoms with van der Waals surface area (Å²) in [5, 5.41) is 5.90. The molecule has 0 radical (unpaired) electrons. The summed E-state index contributed by atoms with van der Waals surface area (Å²) in [6, 6.07) is 4.16. The van der Waals surface area contributed by atoms with Gasteiger partial charge in [0.1, 0.15) is 5.75 Å². The van der Waals surface area contributed by atoms with Gasteiger partial charge in [0, 0.05) is 27.2 Å². The molecule has 1 amide bonds. The number of hydrogen-bond acceptors (Lipinski definition) is 4. The van der Waals surface area contributed by atoms with Crippen LogP contribution >= 0.6 is 0 Å². The lowest BCUT2D eigenvalue weighted by Crippen LogP contribution is -2.34. The highest BCUT2D eigenvalue weighted by atomic mass is 16.5. The van der Waals surface area contributed by atoms with Crippen molar-refractivity contribution < 1.29 is 14.3 Å².